The third kappa shape index (κ3) is 6.13. The van der Waals surface area contributed by atoms with E-state index in [9.17, 15) is 13.2 Å². The molecule has 0 heterocycles. The van der Waals surface area contributed by atoms with Gasteiger partial charge in [-0.25, -0.2) is 0 Å². The van der Waals surface area contributed by atoms with Crippen LogP contribution in [0.15, 0.2) is 24.3 Å². The van der Waals surface area contributed by atoms with Crippen LogP contribution in [0, 0.1) is 0 Å². The highest BCUT2D eigenvalue weighted by Gasteiger charge is 2.30. The Hall–Kier alpha value is -1.27. The van der Waals surface area contributed by atoms with Gasteiger partial charge in [-0.2, -0.15) is 0 Å². The van der Waals surface area contributed by atoms with E-state index >= 15 is 0 Å². The van der Waals surface area contributed by atoms with Gasteiger partial charge in [-0.3, -0.25) is 0 Å². The fraction of sp³-hybridized carbons (Fsp3) is 0.455. The number of benzene rings is 1. The van der Waals surface area contributed by atoms with Crippen LogP contribution >= 0.6 is 0 Å². The Kier molecular flexibility index (Phi) is 5.24. The molecule has 0 amide bonds. The molecular weight excluding hydrogens is 233 g/mol. The molecule has 0 aliphatic heterocycles. The van der Waals surface area contributed by atoms with Gasteiger partial charge in [0.05, 0.1) is 0 Å². The highest BCUT2D eigenvalue weighted by atomic mass is 19.4. The van der Waals surface area contributed by atoms with E-state index in [0.29, 0.717) is 13.1 Å². The normalized spacial score (nSPS) is 11.5. The topological polar surface area (TPSA) is 47.3 Å². The van der Waals surface area contributed by atoms with E-state index in [-0.39, 0.29) is 5.75 Å². The van der Waals surface area contributed by atoms with Gasteiger partial charge in [-0.15, -0.1) is 13.2 Å². The monoisotopic (exact) mass is 248 g/mol. The standard InChI is InChI=1S/C11H15F3N2O/c12-11(13,14)17-10-4-2-9(3-5-10)8-16-7-1-6-15/h2-5,16H,1,6-8,15H2. The molecule has 1 rings (SSSR count). The van der Waals surface area contributed by atoms with Crippen molar-refractivity contribution in [3.05, 3.63) is 29.8 Å². The predicted octanol–water partition coefficient (Wildman–Crippen LogP) is 2.02. The molecule has 1 aromatic rings. The number of hydrogen-bond acceptors (Lipinski definition) is 3. The Morgan fingerprint density at radius 3 is 2.35 bits per heavy atom. The highest BCUT2D eigenvalue weighted by molar-refractivity contribution is 5.27. The summed E-state index contributed by atoms with van der Waals surface area (Å²) in [7, 11) is 0. The zero-order valence-corrected chi connectivity index (χ0v) is 9.26. The SMILES string of the molecule is NCCCNCc1ccc(OC(F)(F)F)cc1. The number of ether oxygens (including phenoxy) is 1. The van der Waals surface area contributed by atoms with Crippen LogP contribution in [0.2, 0.25) is 0 Å². The molecule has 0 aromatic heterocycles. The van der Waals surface area contributed by atoms with Gasteiger partial charge in [0, 0.05) is 6.54 Å². The molecule has 17 heavy (non-hydrogen) atoms. The van der Waals surface area contributed by atoms with Crippen molar-refractivity contribution < 1.29 is 17.9 Å². The van der Waals surface area contributed by atoms with Gasteiger partial charge in [0.25, 0.3) is 0 Å². The smallest absolute Gasteiger partial charge is 0.406 e. The van der Waals surface area contributed by atoms with Gasteiger partial charge < -0.3 is 15.8 Å². The molecule has 0 bridgehead atoms. The number of nitrogens with two attached hydrogens (primary N) is 1. The first-order valence-electron chi connectivity index (χ1n) is 5.27. The zero-order valence-electron chi connectivity index (χ0n) is 9.26. The highest BCUT2D eigenvalue weighted by Crippen LogP contribution is 2.22. The van der Waals surface area contributed by atoms with Crippen molar-refractivity contribution in [2.24, 2.45) is 5.73 Å². The van der Waals surface area contributed by atoms with Crippen LogP contribution in [0.1, 0.15) is 12.0 Å². The zero-order chi connectivity index (χ0) is 12.7. The summed E-state index contributed by atoms with van der Waals surface area (Å²) >= 11 is 0. The van der Waals surface area contributed by atoms with E-state index < -0.39 is 6.36 Å². The van der Waals surface area contributed by atoms with Gasteiger partial charge in [0.2, 0.25) is 0 Å². The Balaban J connectivity index is 2.39. The summed E-state index contributed by atoms with van der Waals surface area (Å²) in [6.07, 6.45) is -3.77. The van der Waals surface area contributed by atoms with E-state index in [4.69, 9.17) is 5.73 Å². The minimum atomic E-state index is -4.64. The fourth-order valence-corrected chi connectivity index (χ4v) is 1.27. The maximum atomic E-state index is 11.9. The summed E-state index contributed by atoms with van der Waals surface area (Å²) in [6.45, 7) is 2.01. The molecule has 3 N–H and O–H groups in total. The van der Waals surface area contributed by atoms with Crippen molar-refractivity contribution in [1.82, 2.24) is 5.32 Å². The molecule has 3 nitrogen and oxygen atoms in total. The number of nitrogens with one attached hydrogen (secondary N) is 1. The second-order valence-electron chi connectivity index (χ2n) is 3.51. The van der Waals surface area contributed by atoms with Crippen LogP contribution in [0.3, 0.4) is 0 Å². The van der Waals surface area contributed by atoms with Crippen molar-refractivity contribution in [3.8, 4) is 5.75 Å². The minimum absolute atomic E-state index is 0.205. The van der Waals surface area contributed by atoms with Gasteiger partial charge in [0.15, 0.2) is 0 Å². The van der Waals surface area contributed by atoms with Gasteiger partial charge in [-0.05, 0) is 37.2 Å². The third-order valence-electron chi connectivity index (χ3n) is 2.04. The van der Waals surface area contributed by atoms with Gasteiger partial charge >= 0.3 is 6.36 Å². The lowest BCUT2D eigenvalue weighted by Crippen LogP contribution is -2.18. The lowest BCUT2D eigenvalue weighted by atomic mass is 10.2. The quantitative estimate of drug-likeness (QED) is 0.757. The van der Waals surface area contributed by atoms with E-state index in [1.165, 1.54) is 12.1 Å². The van der Waals surface area contributed by atoms with Crippen molar-refractivity contribution in [3.63, 3.8) is 0 Å². The summed E-state index contributed by atoms with van der Waals surface area (Å²) in [4.78, 5) is 0. The lowest BCUT2D eigenvalue weighted by molar-refractivity contribution is -0.274. The molecule has 0 saturated carbocycles. The summed E-state index contributed by atoms with van der Waals surface area (Å²) in [5, 5.41) is 3.13. The van der Waals surface area contributed by atoms with Crippen molar-refractivity contribution in [2.45, 2.75) is 19.3 Å². The number of rotatable bonds is 6. The molecule has 0 radical (unpaired) electrons. The first kappa shape index (κ1) is 13.8. The van der Waals surface area contributed by atoms with Crippen molar-refractivity contribution in [1.29, 1.82) is 0 Å². The van der Waals surface area contributed by atoms with E-state index in [0.717, 1.165) is 18.5 Å². The van der Waals surface area contributed by atoms with Crippen LogP contribution in [0.5, 0.6) is 5.75 Å². The largest absolute Gasteiger partial charge is 0.573 e. The van der Waals surface area contributed by atoms with Crippen molar-refractivity contribution >= 4 is 0 Å². The molecular formula is C11H15F3N2O. The second-order valence-corrected chi connectivity index (χ2v) is 3.51. The molecule has 0 fully saturated rings. The Bertz CT molecular complexity index is 324. The molecule has 6 heteroatoms. The second kappa shape index (κ2) is 6.46. The number of hydrogen-bond donors (Lipinski definition) is 2. The average Bonchev–Trinajstić information content (AvgIpc) is 2.25. The summed E-state index contributed by atoms with van der Waals surface area (Å²) < 4.78 is 39.4. The van der Waals surface area contributed by atoms with Crippen LogP contribution in [-0.2, 0) is 6.54 Å². The molecule has 0 aliphatic carbocycles. The number of alkyl halides is 3. The molecule has 0 saturated heterocycles. The van der Waals surface area contributed by atoms with Gasteiger partial charge in [-0.1, -0.05) is 12.1 Å². The fourth-order valence-electron chi connectivity index (χ4n) is 1.27. The van der Waals surface area contributed by atoms with Gasteiger partial charge in [0.1, 0.15) is 5.75 Å². The van der Waals surface area contributed by atoms with Crippen LogP contribution in [-0.4, -0.2) is 19.5 Å². The maximum absolute atomic E-state index is 11.9. The summed E-state index contributed by atoms with van der Waals surface area (Å²) in [5.74, 6) is -0.205. The van der Waals surface area contributed by atoms with Crippen LogP contribution < -0.4 is 15.8 Å². The van der Waals surface area contributed by atoms with Crippen LogP contribution in [0.4, 0.5) is 13.2 Å². The van der Waals surface area contributed by atoms with E-state index in [1.54, 1.807) is 12.1 Å². The molecule has 96 valence electrons. The average molecular weight is 248 g/mol. The summed E-state index contributed by atoms with van der Waals surface area (Å²) in [6, 6.07) is 5.79. The van der Waals surface area contributed by atoms with Crippen molar-refractivity contribution in [2.75, 3.05) is 13.1 Å². The van der Waals surface area contributed by atoms with Crippen LogP contribution in [0.25, 0.3) is 0 Å². The summed E-state index contributed by atoms with van der Waals surface area (Å²) in [5.41, 5.74) is 6.22. The maximum Gasteiger partial charge on any atom is 0.573 e. The van der Waals surface area contributed by atoms with E-state index in [2.05, 4.69) is 10.1 Å². The molecule has 1 aromatic carbocycles. The Labute approximate surface area is 97.8 Å². The third-order valence-corrected chi connectivity index (χ3v) is 2.04. The minimum Gasteiger partial charge on any atom is -0.406 e. The first-order valence-corrected chi connectivity index (χ1v) is 5.27. The Morgan fingerprint density at radius 1 is 1.18 bits per heavy atom. The lowest BCUT2D eigenvalue weighted by Gasteiger charge is -2.09. The Morgan fingerprint density at radius 2 is 1.82 bits per heavy atom. The number of halogens is 3. The molecule has 0 atom stereocenters. The predicted molar refractivity (Wildman–Crippen MR) is 58.5 cm³/mol. The van der Waals surface area contributed by atoms with E-state index in [1.807, 2.05) is 0 Å². The molecule has 0 spiro atoms. The molecule has 0 unspecified atom stereocenters. The molecule has 0 aliphatic rings. The first-order chi connectivity index (χ1) is 8.01.